The number of aryl methyl sites for hydroxylation is 2. The van der Waals surface area contributed by atoms with Crippen molar-refractivity contribution in [2.24, 2.45) is 0 Å². The number of aromatic amines is 1. The molecule has 0 unspecified atom stereocenters. The first-order valence-corrected chi connectivity index (χ1v) is 5.55. The second kappa shape index (κ2) is 4.18. The van der Waals surface area contributed by atoms with Crippen LogP contribution in [-0.2, 0) is 0 Å². The molecule has 18 heavy (non-hydrogen) atoms. The zero-order chi connectivity index (χ0) is 13.4. The number of benzene rings is 1. The lowest BCUT2D eigenvalue weighted by Gasteiger charge is -2.14. The van der Waals surface area contributed by atoms with Crippen molar-refractivity contribution >= 4 is 0 Å². The smallest absolute Gasteiger partial charge is 0.335 e. The third-order valence-electron chi connectivity index (χ3n) is 2.97. The first-order chi connectivity index (χ1) is 8.43. The van der Waals surface area contributed by atoms with Crippen molar-refractivity contribution in [3.8, 4) is 11.6 Å². The zero-order valence-electron chi connectivity index (χ0n) is 10.4. The van der Waals surface area contributed by atoms with Crippen molar-refractivity contribution in [1.29, 1.82) is 0 Å². The fourth-order valence-electron chi connectivity index (χ4n) is 1.98. The number of hydrogen-bond acceptors (Lipinski definition) is 3. The van der Waals surface area contributed by atoms with E-state index >= 15 is 0 Å². The Bertz CT molecular complexity index is 706. The topological polar surface area (TPSA) is 75.1 Å². The third kappa shape index (κ3) is 1.73. The van der Waals surface area contributed by atoms with Crippen LogP contribution in [0.25, 0.3) is 5.69 Å². The number of H-pyrrole nitrogens is 1. The Labute approximate surface area is 103 Å². The highest BCUT2D eigenvalue weighted by molar-refractivity contribution is 5.49. The van der Waals surface area contributed by atoms with E-state index in [1.807, 2.05) is 32.0 Å². The highest BCUT2D eigenvalue weighted by Gasteiger charge is 2.14. The molecule has 0 aliphatic carbocycles. The van der Waals surface area contributed by atoms with Crippen LogP contribution in [0.1, 0.15) is 16.7 Å². The van der Waals surface area contributed by atoms with E-state index in [4.69, 9.17) is 0 Å². The number of aromatic nitrogens is 2. The Morgan fingerprint density at radius 3 is 2.22 bits per heavy atom. The normalized spacial score (nSPS) is 10.6. The molecule has 0 aliphatic heterocycles. The lowest BCUT2D eigenvalue weighted by Crippen LogP contribution is -2.31. The monoisotopic (exact) mass is 246 g/mol. The molecule has 0 aliphatic rings. The van der Waals surface area contributed by atoms with E-state index in [9.17, 15) is 14.7 Å². The molecule has 0 bridgehead atoms. The Morgan fingerprint density at radius 1 is 1.11 bits per heavy atom. The van der Waals surface area contributed by atoms with Crippen LogP contribution in [0, 0.1) is 20.8 Å². The van der Waals surface area contributed by atoms with Crippen LogP contribution in [0.15, 0.2) is 27.8 Å². The van der Waals surface area contributed by atoms with Crippen molar-refractivity contribution in [3.63, 3.8) is 0 Å². The maximum Gasteiger partial charge on any atom is 0.335 e. The first-order valence-electron chi connectivity index (χ1n) is 5.55. The summed E-state index contributed by atoms with van der Waals surface area (Å²) in [7, 11) is 0. The summed E-state index contributed by atoms with van der Waals surface area (Å²) in [5.74, 6) is -0.318. The minimum atomic E-state index is -0.638. The van der Waals surface area contributed by atoms with E-state index in [2.05, 4.69) is 4.98 Å². The van der Waals surface area contributed by atoms with Gasteiger partial charge in [0, 0.05) is 0 Å². The highest BCUT2D eigenvalue weighted by atomic mass is 16.3. The maximum atomic E-state index is 11.9. The molecule has 1 heterocycles. The SMILES string of the molecule is Cc1cccc(C)c1-n1c(O)c(C)c(=O)[nH]c1=O. The summed E-state index contributed by atoms with van der Waals surface area (Å²) in [5, 5.41) is 10.0. The average molecular weight is 246 g/mol. The van der Waals surface area contributed by atoms with Gasteiger partial charge in [-0.2, -0.15) is 0 Å². The van der Waals surface area contributed by atoms with Gasteiger partial charge in [0.2, 0.25) is 5.88 Å². The van der Waals surface area contributed by atoms with Crippen LogP contribution < -0.4 is 11.2 Å². The standard InChI is InChI=1S/C13H14N2O3/c1-7-5-4-6-8(2)10(7)15-12(17)9(3)11(16)14-13(15)18/h4-6,17H,1-3H3,(H,14,16,18). The molecule has 94 valence electrons. The summed E-state index contributed by atoms with van der Waals surface area (Å²) in [5.41, 5.74) is 1.20. The van der Waals surface area contributed by atoms with Crippen LogP contribution in [0.3, 0.4) is 0 Å². The van der Waals surface area contributed by atoms with Crippen LogP contribution >= 0.6 is 0 Å². The zero-order valence-corrected chi connectivity index (χ0v) is 10.4. The molecule has 2 rings (SSSR count). The van der Waals surface area contributed by atoms with Crippen molar-refractivity contribution in [2.45, 2.75) is 20.8 Å². The molecule has 0 amide bonds. The Hall–Kier alpha value is -2.30. The van der Waals surface area contributed by atoms with Gasteiger partial charge in [0.15, 0.2) is 0 Å². The number of aromatic hydroxyl groups is 1. The third-order valence-corrected chi connectivity index (χ3v) is 2.97. The van der Waals surface area contributed by atoms with E-state index < -0.39 is 11.2 Å². The van der Waals surface area contributed by atoms with Crippen molar-refractivity contribution in [3.05, 3.63) is 55.7 Å². The molecule has 0 saturated carbocycles. The van der Waals surface area contributed by atoms with Gasteiger partial charge < -0.3 is 5.11 Å². The summed E-state index contributed by atoms with van der Waals surface area (Å²) in [6.07, 6.45) is 0. The molecule has 2 N–H and O–H groups in total. The predicted octanol–water partition coefficient (Wildman–Crippen LogP) is 1.16. The fourth-order valence-corrected chi connectivity index (χ4v) is 1.98. The first kappa shape index (κ1) is 12.2. The molecule has 0 atom stereocenters. The molecule has 0 spiro atoms. The Morgan fingerprint density at radius 2 is 1.67 bits per heavy atom. The lowest BCUT2D eigenvalue weighted by atomic mass is 10.1. The molecular weight excluding hydrogens is 232 g/mol. The minimum absolute atomic E-state index is 0.122. The van der Waals surface area contributed by atoms with Crippen molar-refractivity contribution in [2.75, 3.05) is 0 Å². The minimum Gasteiger partial charge on any atom is -0.494 e. The van der Waals surface area contributed by atoms with Gasteiger partial charge in [-0.3, -0.25) is 9.78 Å². The quantitative estimate of drug-likeness (QED) is 0.792. The average Bonchev–Trinajstić information content (AvgIpc) is 2.30. The summed E-state index contributed by atoms with van der Waals surface area (Å²) in [6.45, 7) is 5.15. The van der Waals surface area contributed by atoms with Gasteiger partial charge in [-0.05, 0) is 31.9 Å². The maximum absolute atomic E-state index is 11.9. The molecule has 2 aromatic rings. The van der Waals surface area contributed by atoms with Gasteiger partial charge in [0.1, 0.15) is 0 Å². The summed E-state index contributed by atoms with van der Waals surface area (Å²) in [6, 6.07) is 5.55. The number of nitrogens with zero attached hydrogens (tertiary/aromatic N) is 1. The highest BCUT2D eigenvalue weighted by Crippen LogP contribution is 2.22. The van der Waals surface area contributed by atoms with E-state index in [0.717, 1.165) is 15.7 Å². The molecule has 5 heteroatoms. The van der Waals surface area contributed by atoms with E-state index in [1.54, 1.807) is 0 Å². The number of rotatable bonds is 1. The number of para-hydroxylation sites is 1. The predicted molar refractivity (Wildman–Crippen MR) is 68.5 cm³/mol. The van der Waals surface area contributed by atoms with Gasteiger partial charge in [-0.25, -0.2) is 9.36 Å². The van der Waals surface area contributed by atoms with Gasteiger partial charge in [-0.15, -0.1) is 0 Å². The van der Waals surface area contributed by atoms with E-state index in [0.29, 0.717) is 5.69 Å². The van der Waals surface area contributed by atoms with Crippen LogP contribution in [-0.4, -0.2) is 14.7 Å². The van der Waals surface area contributed by atoms with Crippen LogP contribution in [0.4, 0.5) is 0 Å². The number of nitrogens with one attached hydrogen (secondary N) is 1. The Balaban J connectivity index is 2.93. The van der Waals surface area contributed by atoms with Gasteiger partial charge in [0.25, 0.3) is 5.56 Å². The Kier molecular flexibility index (Phi) is 2.82. The molecule has 0 fully saturated rings. The van der Waals surface area contributed by atoms with Gasteiger partial charge in [-0.1, -0.05) is 18.2 Å². The molecule has 0 radical (unpaired) electrons. The second-order valence-corrected chi connectivity index (χ2v) is 4.28. The molecule has 1 aromatic carbocycles. The van der Waals surface area contributed by atoms with Crippen LogP contribution in [0.2, 0.25) is 0 Å². The van der Waals surface area contributed by atoms with E-state index in [-0.39, 0.29) is 11.4 Å². The largest absolute Gasteiger partial charge is 0.494 e. The second-order valence-electron chi connectivity index (χ2n) is 4.28. The fraction of sp³-hybridized carbons (Fsp3) is 0.231. The van der Waals surface area contributed by atoms with Crippen molar-refractivity contribution in [1.82, 2.24) is 9.55 Å². The summed E-state index contributed by atoms with van der Waals surface area (Å²) >= 11 is 0. The molecular formula is C13H14N2O3. The van der Waals surface area contributed by atoms with Crippen molar-refractivity contribution < 1.29 is 5.11 Å². The van der Waals surface area contributed by atoms with Gasteiger partial charge in [0.05, 0.1) is 11.3 Å². The molecule has 1 aromatic heterocycles. The molecule has 5 nitrogen and oxygen atoms in total. The number of hydrogen-bond donors (Lipinski definition) is 2. The lowest BCUT2D eigenvalue weighted by molar-refractivity contribution is 0.425. The van der Waals surface area contributed by atoms with Crippen LogP contribution in [0.5, 0.6) is 5.88 Å². The summed E-state index contributed by atoms with van der Waals surface area (Å²) < 4.78 is 1.13. The molecule has 0 saturated heterocycles. The van der Waals surface area contributed by atoms with Gasteiger partial charge >= 0.3 is 5.69 Å². The van der Waals surface area contributed by atoms with E-state index in [1.165, 1.54) is 6.92 Å². The summed E-state index contributed by atoms with van der Waals surface area (Å²) in [4.78, 5) is 25.4.